The van der Waals surface area contributed by atoms with Gasteiger partial charge in [0.15, 0.2) is 0 Å². The molecule has 0 fully saturated rings. The molecule has 0 aliphatic heterocycles. The highest BCUT2D eigenvalue weighted by Gasteiger charge is 2.14. The van der Waals surface area contributed by atoms with Crippen molar-refractivity contribution in [3.05, 3.63) is 70.1 Å². The van der Waals surface area contributed by atoms with Gasteiger partial charge in [-0.15, -0.1) is 11.3 Å². The Morgan fingerprint density at radius 3 is 2.50 bits per heavy atom. The molecule has 90 valence electrons. The number of rotatable bonds is 2. The fraction of sp³-hybridized carbons (Fsp3) is 0.0667. The fourth-order valence-corrected chi connectivity index (χ4v) is 3.37. The molecule has 3 aromatic rings. The normalized spacial score (nSPS) is 12.8. The Kier molecular flexibility index (Phi) is 3.08. The Bertz CT molecular complexity index is 657. The topological polar surface area (TPSA) is 26.0 Å². The largest absolute Gasteiger partial charge is 0.320 e. The lowest BCUT2D eigenvalue weighted by atomic mass is 10.1. The molecule has 0 spiro atoms. The molecule has 2 aromatic carbocycles. The summed E-state index contributed by atoms with van der Waals surface area (Å²) >= 11 is 7.92. The van der Waals surface area contributed by atoms with Crippen LogP contribution < -0.4 is 5.73 Å². The molecule has 0 radical (unpaired) electrons. The quantitative estimate of drug-likeness (QED) is 0.725. The van der Waals surface area contributed by atoms with Crippen molar-refractivity contribution in [2.24, 2.45) is 5.73 Å². The van der Waals surface area contributed by atoms with E-state index in [0.717, 1.165) is 15.5 Å². The Morgan fingerprint density at radius 2 is 1.72 bits per heavy atom. The van der Waals surface area contributed by atoms with E-state index in [4.69, 9.17) is 17.3 Å². The smallest absolute Gasteiger partial charge is 0.0661 e. The molecule has 18 heavy (non-hydrogen) atoms. The van der Waals surface area contributed by atoms with Crippen LogP contribution in [-0.4, -0.2) is 0 Å². The zero-order valence-electron chi connectivity index (χ0n) is 9.64. The molecule has 3 rings (SSSR count). The predicted octanol–water partition coefficient (Wildman–Crippen LogP) is 4.60. The number of hydrogen-bond donors (Lipinski definition) is 1. The van der Waals surface area contributed by atoms with Gasteiger partial charge in [-0.05, 0) is 29.1 Å². The lowest BCUT2D eigenvalue weighted by Crippen LogP contribution is -2.10. The van der Waals surface area contributed by atoms with Gasteiger partial charge < -0.3 is 5.73 Å². The van der Waals surface area contributed by atoms with Crippen molar-refractivity contribution in [2.75, 3.05) is 0 Å². The van der Waals surface area contributed by atoms with Gasteiger partial charge in [0.1, 0.15) is 0 Å². The molecule has 0 amide bonds. The molecule has 1 atom stereocenters. The van der Waals surface area contributed by atoms with E-state index < -0.39 is 0 Å². The molecule has 2 N–H and O–H groups in total. The van der Waals surface area contributed by atoms with Gasteiger partial charge in [-0.1, -0.05) is 48.0 Å². The molecule has 0 unspecified atom stereocenters. The average Bonchev–Trinajstić information content (AvgIpc) is 2.82. The van der Waals surface area contributed by atoms with Crippen LogP contribution in [0, 0.1) is 0 Å². The van der Waals surface area contributed by atoms with Crippen LogP contribution in [-0.2, 0) is 0 Å². The predicted molar refractivity (Wildman–Crippen MR) is 79.3 cm³/mol. The van der Waals surface area contributed by atoms with Crippen LogP contribution in [0.1, 0.15) is 16.5 Å². The van der Waals surface area contributed by atoms with E-state index in [2.05, 4.69) is 18.2 Å². The van der Waals surface area contributed by atoms with E-state index in [-0.39, 0.29) is 6.04 Å². The first-order valence-corrected chi connectivity index (χ1v) is 6.93. The summed E-state index contributed by atoms with van der Waals surface area (Å²) < 4.78 is 1.26. The second-order valence-corrected chi connectivity index (χ2v) is 5.71. The summed E-state index contributed by atoms with van der Waals surface area (Å²) in [5.41, 5.74) is 7.28. The molecule has 0 bridgehead atoms. The number of fused-ring (bicyclic) bond motifs is 1. The fourth-order valence-electron chi connectivity index (χ4n) is 2.04. The molecule has 1 aromatic heterocycles. The van der Waals surface area contributed by atoms with Crippen LogP contribution in [0.4, 0.5) is 0 Å². The SMILES string of the molecule is N[C@@H](c1cc2ccccc2s1)c1ccccc1Cl. The van der Waals surface area contributed by atoms with E-state index in [0.29, 0.717) is 0 Å². The van der Waals surface area contributed by atoms with E-state index in [1.165, 1.54) is 10.1 Å². The van der Waals surface area contributed by atoms with Gasteiger partial charge in [0.05, 0.1) is 6.04 Å². The van der Waals surface area contributed by atoms with Crippen molar-refractivity contribution < 1.29 is 0 Å². The van der Waals surface area contributed by atoms with E-state index in [1.807, 2.05) is 36.4 Å². The Labute approximate surface area is 115 Å². The first-order chi connectivity index (χ1) is 8.75. The zero-order valence-corrected chi connectivity index (χ0v) is 11.2. The first kappa shape index (κ1) is 11.7. The number of benzene rings is 2. The molecule has 0 aliphatic rings. The molecule has 0 saturated heterocycles. The third-order valence-electron chi connectivity index (χ3n) is 2.99. The average molecular weight is 274 g/mol. The van der Waals surface area contributed by atoms with Gasteiger partial charge in [0.25, 0.3) is 0 Å². The summed E-state index contributed by atoms with van der Waals surface area (Å²) in [6.07, 6.45) is 0. The van der Waals surface area contributed by atoms with E-state index in [9.17, 15) is 0 Å². The van der Waals surface area contributed by atoms with Crippen molar-refractivity contribution in [3.8, 4) is 0 Å². The molecule has 1 nitrogen and oxygen atoms in total. The third kappa shape index (κ3) is 2.03. The summed E-state index contributed by atoms with van der Waals surface area (Å²) in [4.78, 5) is 1.14. The lowest BCUT2D eigenvalue weighted by molar-refractivity contribution is 0.894. The van der Waals surface area contributed by atoms with Crippen molar-refractivity contribution in [1.29, 1.82) is 0 Å². The van der Waals surface area contributed by atoms with Crippen LogP contribution in [0.15, 0.2) is 54.6 Å². The van der Waals surface area contributed by atoms with Crippen molar-refractivity contribution in [1.82, 2.24) is 0 Å². The summed E-state index contributed by atoms with van der Waals surface area (Å²) in [6, 6.07) is 18.0. The maximum absolute atomic E-state index is 6.31. The van der Waals surface area contributed by atoms with Crippen LogP contribution in [0.5, 0.6) is 0 Å². The van der Waals surface area contributed by atoms with Gasteiger partial charge in [-0.25, -0.2) is 0 Å². The molecular formula is C15H12ClNS. The van der Waals surface area contributed by atoms with Crippen LogP contribution in [0.25, 0.3) is 10.1 Å². The Morgan fingerprint density at radius 1 is 1.00 bits per heavy atom. The number of hydrogen-bond acceptors (Lipinski definition) is 2. The summed E-state index contributed by atoms with van der Waals surface area (Å²) in [5, 5.41) is 1.96. The van der Waals surface area contributed by atoms with Crippen molar-refractivity contribution >= 4 is 33.0 Å². The van der Waals surface area contributed by atoms with Crippen molar-refractivity contribution in [3.63, 3.8) is 0 Å². The highest BCUT2D eigenvalue weighted by atomic mass is 35.5. The van der Waals surface area contributed by atoms with Gasteiger partial charge in [0.2, 0.25) is 0 Å². The minimum Gasteiger partial charge on any atom is -0.320 e. The van der Waals surface area contributed by atoms with Gasteiger partial charge in [-0.3, -0.25) is 0 Å². The number of nitrogens with two attached hydrogens (primary N) is 1. The number of halogens is 1. The highest BCUT2D eigenvalue weighted by molar-refractivity contribution is 7.19. The first-order valence-electron chi connectivity index (χ1n) is 5.74. The van der Waals surface area contributed by atoms with Crippen molar-refractivity contribution in [2.45, 2.75) is 6.04 Å². The van der Waals surface area contributed by atoms with Crippen LogP contribution in [0.3, 0.4) is 0 Å². The van der Waals surface area contributed by atoms with Gasteiger partial charge in [-0.2, -0.15) is 0 Å². The van der Waals surface area contributed by atoms with E-state index in [1.54, 1.807) is 11.3 Å². The molecular weight excluding hydrogens is 262 g/mol. The van der Waals surface area contributed by atoms with Gasteiger partial charge in [0, 0.05) is 14.6 Å². The highest BCUT2D eigenvalue weighted by Crippen LogP contribution is 2.33. The monoisotopic (exact) mass is 273 g/mol. The molecule has 3 heteroatoms. The minimum atomic E-state index is -0.156. The second kappa shape index (κ2) is 4.73. The minimum absolute atomic E-state index is 0.156. The lowest BCUT2D eigenvalue weighted by Gasteiger charge is -2.11. The molecule has 0 aliphatic carbocycles. The summed E-state index contributed by atoms with van der Waals surface area (Å²) in [7, 11) is 0. The Hall–Kier alpha value is -1.35. The van der Waals surface area contributed by atoms with Crippen LogP contribution in [0.2, 0.25) is 5.02 Å². The Balaban J connectivity index is 2.07. The second-order valence-electron chi connectivity index (χ2n) is 4.19. The summed E-state index contributed by atoms with van der Waals surface area (Å²) in [5.74, 6) is 0. The molecule has 0 saturated carbocycles. The number of thiophene rings is 1. The maximum atomic E-state index is 6.31. The molecule has 1 heterocycles. The zero-order chi connectivity index (χ0) is 12.5. The van der Waals surface area contributed by atoms with Crippen LogP contribution >= 0.6 is 22.9 Å². The summed E-state index contributed by atoms with van der Waals surface area (Å²) in [6.45, 7) is 0. The van der Waals surface area contributed by atoms with Gasteiger partial charge >= 0.3 is 0 Å². The standard InChI is InChI=1S/C15H12ClNS/c16-12-7-3-2-6-11(12)15(17)14-9-10-5-1-4-8-13(10)18-14/h1-9,15H,17H2/t15-/m1/s1. The van der Waals surface area contributed by atoms with E-state index >= 15 is 0 Å². The maximum Gasteiger partial charge on any atom is 0.0661 e. The third-order valence-corrected chi connectivity index (χ3v) is 4.53.